The van der Waals surface area contributed by atoms with Crippen molar-refractivity contribution < 1.29 is 14.3 Å². The van der Waals surface area contributed by atoms with Gasteiger partial charge in [0.1, 0.15) is 11.5 Å². The number of carbonyl (C=O) groups is 1. The summed E-state index contributed by atoms with van der Waals surface area (Å²) in [6.07, 6.45) is 6.01. The maximum absolute atomic E-state index is 12.4. The van der Waals surface area contributed by atoms with Crippen molar-refractivity contribution in [2.75, 3.05) is 0 Å². The van der Waals surface area contributed by atoms with E-state index >= 15 is 0 Å². The molecule has 3 heteroatoms. The summed E-state index contributed by atoms with van der Waals surface area (Å²) in [7, 11) is 0. The van der Waals surface area contributed by atoms with Crippen LogP contribution in [0.25, 0.3) is 0 Å². The molecule has 0 aliphatic heterocycles. The van der Waals surface area contributed by atoms with Crippen LogP contribution in [0.1, 0.15) is 73.6 Å². The van der Waals surface area contributed by atoms with Crippen LogP contribution in [0.4, 0.5) is 4.79 Å². The molecule has 2 aliphatic rings. The molecule has 2 aromatic carbocycles. The highest BCUT2D eigenvalue weighted by Crippen LogP contribution is 2.46. The van der Waals surface area contributed by atoms with E-state index in [0.29, 0.717) is 23.3 Å². The maximum atomic E-state index is 12.4. The quantitative estimate of drug-likeness (QED) is 0.463. The molecule has 0 unspecified atom stereocenters. The van der Waals surface area contributed by atoms with E-state index in [1.54, 1.807) is 0 Å². The van der Waals surface area contributed by atoms with E-state index in [2.05, 4.69) is 26.0 Å². The fourth-order valence-corrected chi connectivity index (χ4v) is 3.45. The summed E-state index contributed by atoms with van der Waals surface area (Å²) >= 11 is 0. The maximum Gasteiger partial charge on any atom is 0.519 e. The summed E-state index contributed by atoms with van der Waals surface area (Å²) in [5.41, 5.74) is 4.84. The minimum atomic E-state index is -0.637. The topological polar surface area (TPSA) is 35.5 Å². The number of carbonyl (C=O) groups excluding carboxylic acids is 1. The molecule has 0 aromatic heterocycles. The molecular weight excluding hydrogens is 324 g/mol. The Morgan fingerprint density at radius 3 is 1.58 bits per heavy atom. The summed E-state index contributed by atoms with van der Waals surface area (Å²) < 4.78 is 11.2. The van der Waals surface area contributed by atoms with Gasteiger partial charge < -0.3 is 9.47 Å². The lowest BCUT2D eigenvalue weighted by Crippen LogP contribution is -2.15. The van der Waals surface area contributed by atoms with Gasteiger partial charge in [0, 0.05) is 0 Å². The Morgan fingerprint density at radius 2 is 1.23 bits per heavy atom. The second-order valence-electron chi connectivity index (χ2n) is 7.45. The third kappa shape index (κ3) is 3.77. The first-order chi connectivity index (χ1) is 12.7. The van der Waals surface area contributed by atoms with E-state index in [4.69, 9.17) is 9.47 Å². The molecule has 0 heterocycles. The third-order valence-electron chi connectivity index (χ3n) is 5.39. The molecule has 0 atom stereocenters. The predicted molar refractivity (Wildman–Crippen MR) is 102 cm³/mol. The van der Waals surface area contributed by atoms with E-state index < -0.39 is 6.16 Å². The van der Waals surface area contributed by atoms with Gasteiger partial charge in [-0.15, -0.1) is 0 Å². The average Bonchev–Trinajstić information content (AvgIpc) is 3.55. The fraction of sp³-hybridized carbons (Fsp3) is 0.435. The predicted octanol–water partition coefficient (Wildman–Crippen LogP) is 6.14. The van der Waals surface area contributed by atoms with Gasteiger partial charge in [-0.2, -0.15) is 0 Å². The number of hydrogen-bond acceptors (Lipinski definition) is 3. The van der Waals surface area contributed by atoms with Crippen molar-refractivity contribution in [2.24, 2.45) is 0 Å². The largest absolute Gasteiger partial charge is 0.519 e. The number of aryl methyl sites for hydroxylation is 2. The van der Waals surface area contributed by atoms with Crippen LogP contribution in [0.2, 0.25) is 0 Å². The zero-order valence-corrected chi connectivity index (χ0v) is 15.6. The van der Waals surface area contributed by atoms with E-state index in [1.807, 2.05) is 24.3 Å². The van der Waals surface area contributed by atoms with E-state index in [-0.39, 0.29) is 0 Å². The van der Waals surface area contributed by atoms with Gasteiger partial charge in [-0.3, -0.25) is 0 Å². The molecule has 0 amide bonds. The van der Waals surface area contributed by atoms with Gasteiger partial charge in [0.25, 0.3) is 0 Å². The molecule has 136 valence electrons. The van der Waals surface area contributed by atoms with Crippen LogP contribution in [-0.2, 0) is 12.8 Å². The first-order valence-electron chi connectivity index (χ1n) is 9.83. The van der Waals surface area contributed by atoms with Crippen molar-refractivity contribution in [3.8, 4) is 11.5 Å². The molecule has 2 aromatic rings. The van der Waals surface area contributed by atoms with Gasteiger partial charge >= 0.3 is 6.16 Å². The third-order valence-corrected chi connectivity index (χ3v) is 5.39. The number of hydrogen-bond donors (Lipinski definition) is 0. The monoisotopic (exact) mass is 350 g/mol. The van der Waals surface area contributed by atoms with Crippen molar-refractivity contribution in [1.29, 1.82) is 0 Å². The molecule has 26 heavy (non-hydrogen) atoms. The van der Waals surface area contributed by atoms with E-state index in [9.17, 15) is 4.79 Å². The van der Waals surface area contributed by atoms with Gasteiger partial charge in [-0.05, 0) is 84.7 Å². The molecule has 0 spiro atoms. The molecule has 0 bridgehead atoms. The summed E-state index contributed by atoms with van der Waals surface area (Å²) in [6.45, 7) is 4.28. The van der Waals surface area contributed by atoms with Crippen LogP contribution >= 0.6 is 0 Å². The Morgan fingerprint density at radius 1 is 0.808 bits per heavy atom. The first-order valence-corrected chi connectivity index (χ1v) is 9.83. The van der Waals surface area contributed by atoms with Crippen molar-refractivity contribution in [2.45, 2.75) is 64.2 Å². The summed E-state index contributed by atoms with van der Waals surface area (Å²) in [5.74, 6) is 2.34. The van der Waals surface area contributed by atoms with Gasteiger partial charge in [0.15, 0.2) is 0 Å². The second kappa shape index (κ2) is 7.14. The van der Waals surface area contributed by atoms with Gasteiger partial charge in [0.05, 0.1) is 0 Å². The molecular formula is C23H26O3. The number of ether oxygens (including phenoxy) is 2. The van der Waals surface area contributed by atoms with E-state index in [0.717, 1.165) is 24.0 Å². The molecule has 4 rings (SSSR count). The lowest BCUT2D eigenvalue weighted by atomic mass is 10.0. The molecule has 3 nitrogen and oxygen atoms in total. The summed E-state index contributed by atoms with van der Waals surface area (Å²) in [4.78, 5) is 12.4. The minimum absolute atomic E-state index is 0.523. The Kier molecular flexibility index (Phi) is 4.71. The van der Waals surface area contributed by atoms with Crippen molar-refractivity contribution in [3.05, 3.63) is 58.7 Å². The summed E-state index contributed by atoms with van der Waals surface area (Å²) in [5, 5.41) is 0. The average molecular weight is 350 g/mol. The zero-order valence-electron chi connectivity index (χ0n) is 15.6. The fourth-order valence-electron chi connectivity index (χ4n) is 3.45. The van der Waals surface area contributed by atoms with Crippen LogP contribution < -0.4 is 9.47 Å². The van der Waals surface area contributed by atoms with Crippen LogP contribution in [0.5, 0.6) is 11.5 Å². The lowest BCUT2D eigenvalue weighted by molar-refractivity contribution is 0.151. The van der Waals surface area contributed by atoms with Crippen molar-refractivity contribution >= 4 is 6.16 Å². The van der Waals surface area contributed by atoms with Gasteiger partial charge in [-0.1, -0.05) is 38.1 Å². The Balaban J connectivity index is 1.51. The normalized spacial score (nSPS) is 16.4. The van der Waals surface area contributed by atoms with Gasteiger partial charge in [0.2, 0.25) is 0 Å². The number of benzene rings is 2. The molecule has 0 saturated heterocycles. The SMILES string of the molecule is CCc1ccc(OC(=O)Oc2ccc(CC)cc2C2CC2)c(C2CC2)c1. The minimum Gasteiger partial charge on any atom is -0.394 e. The highest BCUT2D eigenvalue weighted by atomic mass is 16.7. The highest BCUT2D eigenvalue weighted by Gasteiger charge is 2.30. The first kappa shape index (κ1) is 17.1. The van der Waals surface area contributed by atoms with Crippen molar-refractivity contribution in [1.82, 2.24) is 0 Å². The highest BCUT2D eigenvalue weighted by molar-refractivity contribution is 5.69. The Bertz CT molecular complexity index is 749. The van der Waals surface area contributed by atoms with E-state index in [1.165, 1.54) is 36.8 Å². The molecule has 2 aliphatic carbocycles. The summed E-state index contributed by atoms with van der Waals surface area (Å²) in [6, 6.07) is 12.2. The van der Waals surface area contributed by atoms with Gasteiger partial charge in [-0.25, -0.2) is 4.79 Å². The molecule has 0 N–H and O–H groups in total. The zero-order chi connectivity index (χ0) is 18.1. The van der Waals surface area contributed by atoms with Crippen LogP contribution in [-0.4, -0.2) is 6.16 Å². The van der Waals surface area contributed by atoms with Crippen LogP contribution in [0.15, 0.2) is 36.4 Å². The van der Waals surface area contributed by atoms with Crippen LogP contribution in [0, 0.1) is 0 Å². The Hall–Kier alpha value is -2.29. The van der Waals surface area contributed by atoms with Crippen molar-refractivity contribution in [3.63, 3.8) is 0 Å². The van der Waals surface area contributed by atoms with Crippen LogP contribution in [0.3, 0.4) is 0 Å². The smallest absolute Gasteiger partial charge is 0.394 e. The standard InChI is InChI=1S/C23H26O3/c1-3-15-5-11-21(19(13-15)17-7-8-17)25-23(24)26-22-12-6-16(4-2)14-20(22)18-9-10-18/h5-6,11-14,17-18H,3-4,7-10H2,1-2H3. The molecule has 0 radical (unpaired) electrons. The Labute approximate surface area is 155 Å². The number of rotatable bonds is 6. The molecule has 2 saturated carbocycles. The lowest BCUT2D eigenvalue weighted by Gasteiger charge is -2.13. The molecule has 2 fully saturated rings. The second-order valence-corrected chi connectivity index (χ2v) is 7.45.